The van der Waals surface area contributed by atoms with Crippen LogP contribution in [-0.4, -0.2) is 45.4 Å². The summed E-state index contributed by atoms with van der Waals surface area (Å²) >= 11 is 0. The molecule has 1 amide bonds. The van der Waals surface area contributed by atoms with Crippen molar-refractivity contribution in [2.45, 2.75) is 31.5 Å². The first-order chi connectivity index (χ1) is 14.9. The van der Waals surface area contributed by atoms with Gasteiger partial charge in [-0.05, 0) is 43.5 Å². The average molecular weight is 429 g/mol. The fourth-order valence-electron chi connectivity index (χ4n) is 3.95. The topological polar surface area (TPSA) is 71.0 Å². The van der Waals surface area contributed by atoms with Crippen LogP contribution in [0.4, 0.5) is 13.2 Å². The van der Waals surface area contributed by atoms with Crippen molar-refractivity contribution < 1.29 is 18.0 Å². The lowest BCUT2D eigenvalue weighted by atomic mass is 10.0. The number of hydrogen-bond acceptors (Lipinski definition) is 5. The van der Waals surface area contributed by atoms with Gasteiger partial charge in [-0.3, -0.25) is 14.7 Å². The number of rotatable bonds is 5. The SMILES string of the molecule is O=C(NCC(c1cnc(C(F)(F)F)nc1)N1CCCCC1)c1cccc2cnccc12. The number of likely N-dealkylation sites (tertiary alicyclic amines) is 1. The van der Waals surface area contributed by atoms with E-state index in [1.807, 2.05) is 6.07 Å². The normalized spacial score (nSPS) is 16.2. The zero-order chi connectivity index (χ0) is 21.8. The van der Waals surface area contributed by atoms with Crippen LogP contribution in [0.5, 0.6) is 0 Å². The van der Waals surface area contributed by atoms with Crippen LogP contribution in [0.15, 0.2) is 49.1 Å². The summed E-state index contributed by atoms with van der Waals surface area (Å²) < 4.78 is 38.5. The van der Waals surface area contributed by atoms with Crippen molar-refractivity contribution in [3.8, 4) is 0 Å². The molecule has 1 aliphatic heterocycles. The molecule has 3 heterocycles. The predicted molar refractivity (Wildman–Crippen MR) is 109 cm³/mol. The highest BCUT2D eigenvalue weighted by atomic mass is 19.4. The predicted octanol–water partition coefficient (Wildman–Crippen LogP) is 4.00. The zero-order valence-electron chi connectivity index (χ0n) is 16.8. The monoisotopic (exact) mass is 429 g/mol. The van der Waals surface area contributed by atoms with Crippen LogP contribution in [0, 0.1) is 0 Å². The molecule has 0 spiro atoms. The Bertz CT molecular complexity index is 1040. The van der Waals surface area contributed by atoms with E-state index >= 15 is 0 Å². The van der Waals surface area contributed by atoms with Crippen molar-refractivity contribution in [3.05, 3.63) is 66.0 Å². The third-order valence-corrected chi connectivity index (χ3v) is 5.52. The average Bonchev–Trinajstić information content (AvgIpc) is 2.79. The maximum atomic E-state index is 12.9. The molecule has 1 aliphatic rings. The first-order valence-electron chi connectivity index (χ1n) is 10.2. The molecule has 9 heteroatoms. The number of amides is 1. The summed E-state index contributed by atoms with van der Waals surface area (Å²) in [4.78, 5) is 26.2. The van der Waals surface area contributed by atoms with E-state index in [1.54, 1.807) is 30.6 Å². The highest BCUT2D eigenvalue weighted by molar-refractivity contribution is 6.06. The highest BCUT2D eigenvalue weighted by Gasteiger charge is 2.35. The Balaban J connectivity index is 1.55. The van der Waals surface area contributed by atoms with E-state index in [0.29, 0.717) is 11.1 Å². The molecule has 0 bridgehead atoms. The summed E-state index contributed by atoms with van der Waals surface area (Å²) in [5.41, 5.74) is 1.08. The lowest BCUT2D eigenvalue weighted by Crippen LogP contribution is -2.40. The highest BCUT2D eigenvalue weighted by Crippen LogP contribution is 2.28. The molecule has 1 unspecified atom stereocenters. The maximum Gasteiger partial charge on any atom is 0.451 e. The minimum atomic E-state index is -4.59. The van der Waals surface area contributed by atoms with E-state index in [9.17, 15) is 18.0 Å². The molecule has 1 aromatic carbocycles. The van der Waals surface area contributed by atoms with Crippen molar-refractivity contribution in [1.82, 2.24) is 25.2 Å². The van der Waals surface area contributed by atoms with Gasteiger partial charge in [-0.25, -0.2) is 9.97 Å². The van der Waals surface area contributed by atoms with Crippen molar-refractivity contribution in [2.24, 2.45) is 0 Å². The molecular formula is C22H22F3N5O. The minimum absolute atomic E-state index is 0.244. The Kier molecular flexibility index (Phi) is 6.13. The largest absolute Gasteiger partial charge is 0.451 e. The van der Waals surface area contributed by atoms with Gasteiger partial charge in [-0.1, -0.05) is 18.6 Å². The van der Waals surface area contributed by atoms with Crippen molar-refractivity contribution >= 4 is 16.7 Å². The van der Waals surface area contributed by atoms with Crippen LogP contribution in [0.2, 0.25) is 0 Å². The van der Waals surface area contributed by atoms with E-state index in [4.69, 9.17) is 0 Å². The first-order valence-corrected chi connectivity index (χ1v) is 10.2. The molecule has 1 fully saturated rings. The molecule has 0 radical (unpaired) electrons. The zero-order valence-corrected chi connectivity index (χ0v) is 16.8. The van der Waals surface area contributed by atoms with Gasteiger partial charge in [0.25, 0.3) is 5.91 Å². The van der Waals surface area contributed by atoms with Crippen LogP contribution in [-0.2, 0) is 6.18 Å². The number of pyridine rings is 1. The van der Waals surface area contributed by atoms with E-state index in [-0.39, 0.29) is 18.5 Å². The molecular weight excluding hydrogens is 407 g/mol. The second kappa shape index (κ2) is 8.97. The van der Waals surface area contributed by atoms with Crippen LogP contribution >= 0.6 is 0 Å². The molecule has 3 aromatic rings. The fraction of sp³-hybridized carbons (Fsp3) is 0.364. The third-order valence-electron chi connectivity index (χ3n) is 5.52. The van der Waals surface area contributed by atoms with E-state index < -0.39 is 12.0 Å². The number of aromatic nitrogens is 3. The Labute approximate surface area is 177 Å². The fourth-order valence-corrected chi connectivity index (χ4v) is 3.95. The van der Waals surface area contributed by atoms with Crippen molar-refractivity contribution in [2.75, 3.05) is 19.6 Å². The molecule has 162 valence electrons. The van der Waals surface area contributed by atoms with Gasteiger partial charge in [-0.2, -0.15) is 13.2 Å². The number of nitrogens with one attached hydrogen (secondary N) is 1. The van der Waals surface area contributed by atoms with E-state index in [0.717, 1.165) is 43.1 Å². The van der Waals surface area contributed by atoms with Gasteiger partial charge in [0.2, 0.25) is 5.82 Å². The quantitative estimate of drug-likeness (QED) is 0.664. The third kappa shape index (κ3) is 4.82. The van der Waals surface area contributed by atoms with Gasteiger partial charge < -0.3 is 5.32 Å². The molecule has 4 rings (SSSR count). The lowest BCUT2D eigenvalue weighted by Gasteiger charge is -2.34. The number of halogens is 3. The van der Waals surface area contributed by atoms with Crippen LogP contribution < -0.4 is 5.32 Å². The maximum absolute atomic E-state index is 12.9. The van der Waals surface area contributed by atoms with Gasteiger partial charge in [0.15, 0.2) is 0 Å². The summed E-state index contributed by atoms with van der Waals surface area (Å²) in [6.07, 6.45) is 4.29. The van der Waals surface area contributed by atoms with Gasteiger partial charge in [0.1, 0.15) is 0 Å². The summed E-state index contributed by atoms with van der Waals surface area (Å²) in [5.74, 6) is -1.41. The van der Waals surface area contributed by atoms with Gasteiger partial charge >= 0.3 is 6.18 Å². The number of nitrogens with zero attached hydrogens (tertiary/aromatic N) is 4. The number of hydrogen-bond donors (Lipinski definition) is 1. The summed E-state index contributed by atoms with van der Waals surface area (Å²) in [5, 5.41) is 4.61. The number of fused-ring (bicyclic) bond motifs is 1. The molecule has 31 heavy (non-hydrogen) atoms. The smallest absolute Gasteiger partial charge is 0.350 e. The Morgan fingerprint density at radius 3 is 2.52 bits per heavy atom. The molecule has 0 saturated carbocycles. The van der Waals surface area contributed by atoms with E-state index in [2.05, 4.69) is 25.2 Å². The molecule has 6 nitrogen and oxygen atoms in total. The van der Waals surface area contributed by atoms with Crippen molar-refractivity contribution in [3.63, 3.8) is 0 Å². The summed E-state index contributed by atoms with van der Waals surface area (Å²) in [7, 11) is 0. The summed E-state index contributed by atoms with van der Waals surface area (Å²) in [6.45, 7) is 1.86. The van der Waals surface area contributed by atoms with E-state index in [1.165, 1.54) is 12.4 Å². The summed E-state index contributed by atoms with van der Waals surface area (Å²) in [6, 6.07) is 6.91. The van der Waals surface area contributed by atoms with Crippen LogP contribution in [0.1, 0.15) is 47.1 Å². The minimum Gasteiger partial charge on any atom is -0.350 e. The number of carbonyl (C=O) groups excluding carboxylic acids is 1. The number of benzene rings is 1. The first kappa shape index (κ1) is 21.2. The second-order valence-corrected chi connectivity index (χ2v) is 7.56. The standard InChI is InChI=1S/C22H22F3N5O/c23-22(24,25)21-28-12-16(13-29-21)19(30-9-2-1-3-10-30)14-27-20(31)18-6-4-5-15-11-26-8-7-17(15)18/h4-8,11-13,19H,1-3,9-10,14H2,(H,27,31). The van der Waals surface area contributed by atoms with Crippen molar-refractivity contribution in [1.29, 1.82) is 0 Å². The van der Waals surface area contributed by atoms with Crippen LogP contribution in [0.3, 0.4) is 0 Å². The van der Waals surface area contributed by atoms with Gasteiger partial charge in [-0.15, -0.1) is 0 Å². The second-order valence-electron chi connectivity index (χ2n) is 7.56. The van der Waals surface area contributed by atoms with Gasteiger partial charge in [0, 0.05) is 47.8 Å². The Morgan fingerprint density at radius 1 is 1.06 bits per heavy atom. The number of alkyl halides is 3. The molecule has 0 aliphatic carbocycles. The molecule has 1 atom stereocenters. The van der Waals surface area contributed by atoms with Crippen LogP contribution in [0.25, 0.3) is 10.8 Å². The molecule has 2 aromatic heterocycles. The van der Waals surface area contributed by atoms with Gasteiger partial charge in [0.05, 0.1) is 6.04 Å². The number of carbonyl (C=O) groups is 1. The number of piperidine rings is 1. The molecule has 1 saturated heterocycles. The Morgan fingerprint density at radius 2 is 1.81 bits per heavy atom. The Hall–Kier alpha value is -3.07. The lowest BCUT2D eigenvalue weighted by molar-refractivity contribution is -0.145. The molecule has 1 N–H and O–H groups in total.